The number of carbonyl (C=O) groups excluding carboxylic acids is 2. The smallest absolute Gasteiger partial charge is 0.259 e. The number of aryl methyl sites for hydroxylation is 1. The van der Waals surface area contributed by atoms with Gasteiger partial charge >= 0.3 is 0 Å². The van der Waals surface area contributed by atoms with Crippen molar-refractivity contribution in [1.82, 2.24) is 0 Å². The Bertz CT molecular complexity index is 1130. The van der Waals surface area contributed by atoms with Crippen molar-refractivity contribution in [2.45, 2.75) is 32.6 Å². The molecule has 0 fully saturated rings. The predicted octanol–water partition coefficient (Wildman–Crippen LogP) is 5.67. The van der Waals surface area contributed by atoms with Crippen molar-refractivity contribution in [2.24, 2.45) is 0 Å². The van der Waals surface area contributed by atoms with Crippen LogP contribution in [0.3, 0.4) is 0 Å². The van der Waals surface area contributed by atoms with Crippen molar-refractivity contribution in [2.75, 3.05) is 17.2 Å². The van der Waals surface area contributed by atoms with Crippen LogP contribution in [-0.2, 0) is 12.8 Å². The molecule has 2 N–H and O–H groups in total. The first-order chi connectivity index (χ1) is 15.1. The summed E-state index contributed by atoms with van der Waals surface area (Å²) >= 11 is 1.40. The standard InChI is InChI=1S/C24H23FN2O3S/c1-2-30-19-13-7-6-12-18(19)26-23(29)21-16-10-4-8-14-20(16)31-24(21)27-22(28)15-9-3-5-11-17(15)25/h3,5-7,9,11-13H,2,4,8,10,14H2,1H3,(H,26,29)(H,27,28). The first kappa shape index (κ1) is 21.1. The zero-order valence-electron chi connectivity index (χ0n) is 17.2. The lowest BCUT2D eigenvalue weighted by Gasteiger charge is -2.15. The summed E-state index contributed by atoms with van der Waals surface area (Å²) in [5.41, 5.74) is 1.93. The molecule has 0 radical (unpaired) electrons. The molecule has 1 aromatic heterocycles. The van der Waals surface area contributed by atoms with Gasteiger partial charge in [-0.1, -0.05) is 24.3 Å². The van der Waals surface area contributed by atoms with Crippen molar-refractivity contribution >= 4 is 33.8 Å². The number of thiophene rings is 1. The molecule has 1 aliphatic carbocycles. The molecule has 3 aromatic rings. The fourth-order valence-corrected chi connectivity index (χ4v) is 5.03. The fraction of sp³-hybridized carbons (Fsp3) is 0.250. The largest absolute Gasteiger partial charge is 0.492 e. The summed E-state index contributed by atoms with van der Waals surface area (Å²) in [6.45, 7) is 2.36. The van der Waals surface area contributed by atoms with Gasteiger partial charge < -0.3 is 15.4 Å². The van der Waals surface area contributed by atoms with Gasteiger partial charge in [0.1, 0.15) is 16.6 Å². The Hall–Kier alpha value is -3.19. The van der Waals surface area contributed by atoms with Gasteiger partial charge in [0.25, 0.3) is 11.8 Å². The molecule has 5 nitrogen and oxygen atoms in total. The number of rotatable bonds is 6. The van der Waals surface area contributed by atoms with Gasteiger partial charge in [0.05, 0.1) is 23.4 Å². The Kier molecular flexibility index (Phi) is 6.32. The minimum Gasteiger partial charge on any atom is -0.492 e. The highest BCUT2D eigenvalue weighted by molar-refractivity contribution is 7.17. The second kappa shape index (κ2) is 9.31. The SMILES string of the molecule is CCOc1ccccc1NC(=O)c1c(NC(=O)c2ccccc2F)sc2c1CCCC2. The Balaban J connectivity index is 1.67. The van der Waals surface area contributed by atoms with Crippen molar-refractivity contribution in [3.8, 4) is 5.75 Å². The summed E-state index contributed by atoms with van der Waals surface area (Å²) in [5, 5.41) is 6.16. The zero-order chi connectivity index (χ0) is 21.8. The Labute approximate surface area is 184 Å². The molecule has 0 spiro atoms. The van der Waals surface area contributed by atoms with Crippen LogP contribution in [0.5, 0.6) is 5.75 Å². The minimum absolute atomic E-state index is 0.0538. The number of amides is 2. The quantitative estimate of drug-likeness (QED) is 0.521. The van der Waals surface area contributed by atoms with E-state index in [1.165, 1.54) is 29.5 Å². The van der Waals surface area contributed by atoms with E-state index in [4.69, 9.17) is 4.74 Å². The van der Waals surface area contributed by atoms with Crippen LogP contribution in [-0.4, -0.2) is 18.4 Å². The highest BCUT2D eigenvalue weighted by Crippen LogP contribution is 2.39. The topological polar surface area (TPSA) is 67.4 Å². The average Bonchev–Trinajstić information content (AvgIpc) is 3.13. The number of anilines is 2. The van der Waals surface area contributed by atoms with Gasteiger partial charge in [-0.2, -0.15) is 0 Å². The van der Waals surface area contributed by atoms with E-state index in [9.17, 15) is 14.0 Å². The van der Waals surface area contributed by atoms with Crippen molar-refractivity contribution in [3.63, 3.8) is 0 Å². The van der Waals surface area contributed by atoms with E-state index in [2.05, 4.69) is 10.6 Å². The van der Waals surface area contributed by atoms with Crippen LogP contribution in [0, 0.1) is 5.82 Å². The Morgan fingerprint density at radius 2 is 1.74 bits per heavy atom. The van der Waals surface area contributed by atoms with Crippen molar-refractivity contribution in [3.05, 3.63) is 75.9 Å². The number of hydrogen-bond donors (Lipinski definition) is 2. The number of hydrogen-bond acceptors (Lipinski definition) is 4. The lowest BCUT2D eigenvalue weighted by Crippen LogP contribution is -2.19. The molecule has 7 heteroatoms. The second-order valence-electron chi connectivity index (χ2n) is 7.23. The van der Waals surface area contributed by atoms with E-state index in [1.807, 2.05) is 19.1 Å². The van der Waals surface area contributed by atoms with E-state index >= 15 is 0 Å². The maximum absolute atomic E-state index is 14.1. The second-order valence-corrected chi connectivity index (χ2v) is 8.34. The minimum atomic E-state index is -0.599. The highest BCUT2D eigenvalue weighted by Gasteiger charge is 2.27. The third kappa shape index (κ3) is 4.46. The summed E-state index contributed by atoms with van der Waals surface area (Å²) in [7, 11) is 0. The van der Waals surface area contributed by atoms with Crippen LogP contribution in [0.1, 0.15) is 50.9 Å². The molecule has 0 saturated carbocycles. The van der Waals surface area contributed by atoms with Crippen LogP contribution in [0.4, 0.5) is 15.1 Å². The predicted molar refractivity (Wildman–Crippen MR) is 121 cm³/mol. The number of fused-ring (bicyclic) bond motifs is 1. The third-order valence-electron chi connectivity index (χ3n) is 5.18. The highest BCUT2D eigenvalue weighted by atomic mass is 32.1. The average molecular weight is 439 g/mol. The number of para-hydroxylation sites is 2. The summed E-state index contributed by atoms with van der Waals surface area (Å²) < 4.78 is 19.7. The summed E-state index contributed by atoms with van der Waals surface area (Å²) in [6.07, 6.45) is 3.67. The maximum Gasteiger partial charge on any atom is 0.259 e. The molecule has 31 heavy (non-hydrogen) atoms. The molecular weight excluding hydrogens is 415 g/mol. The molecule has 1 heterocycles. The summed E-state index contributed by atoms with van der Waals surface area (Å²) in [6, 6.07) is 13.0. The molecular formula is C24H23FN2O3S. The molecule has 1 aliphatic rings. The Morgan fingerprint density at radius 1 is 1.00 bits per heavy atom. The van der Waals surface area contributed by atoms with Gasteiger partial charge in [0.15, 0.2) is 0 Å². The molecule has 4 rings (SSSR count). The van der Waals surface area contributed by atoms with Gasteiger partial charge in [-0.15, -0.1) is 11.3 Å². The van der Waals surface area contributed by atoms with E-state index in [0.29, 0.717) is 28.6 Å². The van der Waals surface area contributed by atoms with Crippen LogP contribution in [0.25, 0.3) is 0 Å². The van der Waals surface area contributed by atoms with Crippen molar-refractivity contribution < 1.29 is 18.7 Å². The van der Waals surface area contributed by atoms with Gasteiger partial charge in [-0.05, 0) is 62.4 Å². The molecule has 0 bridgehead atoms. The molecule has 0 saturated heterocycles. The van der Waals surface area contributed by atoms with Gasteiger partial charge in [0.2, 0.25) is 0 Å². The summed E-state index contributed by atoms with van der Waals surface area (Å²) in [4.78, 5) is 27.1. The lowest BCUT2D eigenvalue weighted by molar-refractivity contribution is 0.102. The first-order valence-electron chi connectivity index (χ1n) is 10.3. The summed E-state index contributed by atoms with van der Waals surface area (Å²) in [5.74, 6) is -0.895. The zero-order valence-corrected chi connectivity index (χ0v) is 18.0. The number of nitrogens with one attached hydrogen (secondary N) is 2. The first-order valence-corrected chi connectivity index (χ1v) is 11.1. The third-order valence-corrected chi connectivity index (χ3v) is 6.39. The van der Waals surface area contributed by atoms with Crippen LogP contribution in [0.15, 0.2) is 48.5 Å². The molecule has 0 unspecified atom stereocenters. The molecule has 2 aromatic carbocycles. The Morgan fingerprint density at radius 3 is 2.55 bits per heavy atom. The van der Waals surface area contributed by atoms with Gasteiger partial charge in [-0.3, -0.25) is 9.59 Å². The van der Waals surface area contributed by atoms with Crippen LogP contribution in [0.2, 0.25) is 0 Å². The molecule has 0 atom stereocenters. The maximum atomic E-state index is 14.1. The normalized spacial score (nSPS) is 12.7. The number of halogens is 1. The molecule has 2 amide bonds. The molecule has 0 aliphatic heterocycles. The van der Waals surface area contributed by atoms with Crippen molar-refractivity contribution in [1.29, 1.82) is 0 Å². The number of carbonyl (C=O) groups is 2. The monoisotopic (exact) mass is 438 g/mol. The van der Waals surface area contributed by atoms with E-state index < -0.39 is 11.7 Å². The van der Waals surface area contributed by atoms with E-state index in [1.54, 1.807) is 18.2 Å². The van der Waals surface area contributed by atoms with E-state index in [0.717, 1.165) is 36.1 Å². The van der Waals surface area contributed by atoms with Crippen LogP contribution < -0.4 is 15.4 Å². The molecule has 160 valence electrons. The lowest BCUT2D eigenvalue weighted by atomic mass is 9.95. The van der Waals surface area contributed by atoms with E-state index in [-0.39, 0.29) is 11.5 Å². The number of ether oxygens (including phenoxy) is 1. The van der Waals surface area contributed by atoms with Gasteiger partial charge in [0, 0.05) is 4.88 Å². The van der Waals surface area contributed by atoms with Crippen LogP contribution >= 0.6 is 11.3 Å². The van der Waals surface area contributed by atoms with Gasteiger partial charge in [-0.25, -0.2) is 4.39 Å². The fourth-order valence-electron chi connectivity index (χ4n) is 3.75. The number of benzene rings is 2.